The largest absolute Gasteiger partial charge is 0.377 e. The quantitative estimate of drug-likeness (QED) is 0.781. The maximum Gasteiger partial charge on any atom is 0.184 e. The average Bonchev–Trinajstić information content (AvgIpc) is 3.06. The molecule has 0 aliphatic carbocycles. The van der Waals surface area contributed by atoms with Crippen molar-refractivity contribution in [2.75, 3.05) is 23.7 Å². The summed E-state index contributed by atoms with van der Waals surface area (Å²) in [6.07, 6.45) is 0. The Morgan fingerprint density at radius 3 is 2.24 bits per heavy atom. The molecule has 0 unspecified atom stereocenters. The molecular weight excluding hydrogens is 271 g/mol. The molecule has 2 aliphatic heterocycles. The number of benzene rings is 2. The number of rotatable bonds is 0. The van der Waals surface area contributed by atoms with Crippen LogP contribution in [0.5, 0.6) is 0 Å². The maximum atomic E-state index is 12.8. The Morgan fingerprint density at radius 1 is 0.810 bits per heavy atom. The van der Waals surface area contributed by atoms with Gasteiger partial charge in [-0.05, 0) is 24.3 Å². The Morgan fingerprint density at radius 2 is 1.48 bits per heavy atom. The number of para-hydroxylation sites is 2. The average molecular weight is 284 g/mol. The minimum atomic E-state index is -0.353. The molecule has 21 heavy (non-hydrogen) atoms. The number of Topliss-reactive ketones (excluding diaryl/α,β-unsaturated/α-hetero) is 2. The van der Waals surface area contributed by atoms with Crippen LogP contribution in [0.25, 0.3) is 0 Å². The van der Waals surface area contributed by atoms with Gasteiger partial charge in [-0.15, -0.1) is 0 Å². The number of halogens is 1. The molecule has 0 saturated heterocycles. The molecule has 0 aromatic heterocycles. The molecule has 4 rings (SSSR count). The highest BCUT2D eigenvalue weighted by Crippen LogP contribution is 2.24. The molecule has 0 fully saturated rings. The van der Waals surface area contributed by atoms with Gasteiger partial charge in [0.05, 0.1) is 18.8 Å². The van der Waals surface area contributed by atoms with E-state index in [1.165, 1.54) is 6.07 Å². The molecule has 5 heteroatoms. The lowest BCUT2D eigenvalue weighted by molar-refractivity contribution is 0.101. The smallest absolute Gasteiger partial charge is 0.184 e. The summed E-state index contributed by atoms with van der Waals surface area (Å²) in [6, 6.07) is 12.1. The van der Waals surface area contributed by atoms with Gasteiger partial charge in [0, 0.05) is 16.8 Å². The van der Waals surface area contributed by atoms with E-state index in [-0.39, 0.29) is 23.9 Å². The van der Waals surface area contributed by atoms with Crippen LogP contribution >= 0.6 is 0 Å². The molecule has 106 valence electrons. The van der Waals surface area contributed by atoms with Gasteiger partial charge < -0.3 is 10.6 Å². The summed E-state index contributed by atoms with van der Waals surface area (Å²) < 4.78 is 12.8. The topological polar surface area (TPSA) is 58.2 Å². The molecule has 2 aliphatic rings. The van der Waals surface area contributed by atoms with E-state index in [4.69, 9.17) is 0 Å². The highest BCUT2D eigenvalue weighted by Gasteiger charge is 2.20. The lowest BCUT2D eigenvalue weighted by atomic mass is 10.1. The number of carbonyl (C=O) groups excluding carboxylic acids is 2. The molecule has 2 N–H and O–H groups in total. The molecule has 4 nitrogen and oxygen atoms in total. The Kier molecular flexibility index (Phi) is 3.39. The Hall–Kier alpha value is -2.69. The SMILES string of the molecule is O=C1CNc2c(F)cccc21.O=C1CNc2ccccc21. The van der Waals surface area contributed by atoms with Gasteiger partial charge in [0.2, 0.25) is 0 Å². The van der Waals surface area contributed by atoms with Crippen LogP contribution < -0.4 is 10.6 Å². The van der Waals surface area contributed by atoms with Gasteiger partial charge in [0.15, 0.2) is 11.6 Å². The van der Waals surface area contributed by atoms with Crippen molar-refractivity contribution < 1.29 is 14.0 Å². The van der Waals surface area contributed by atoms with E-state index in [2.05, 4.69) is 10.6 Å². The summed E-state index contributed by atoms with van der Waals surface area (Å²) in [7, 11) is 0. The fraction of sp³-hybridized carbons (Fsp3) is 0.125. The number of hydrogen-bond donors (Lipinski definition) is 2. The summed E-state index contributed by atoms with van der Waals surface area (Å²) in [6.45, 7) is 0.676. The van der Waals surface area contributed by atoms with Gasteiger partial charge in [-0.1, -0.05) is 18.2 Å². The van der Waals surface area contributed by atoms with Crippen LogP contribution in [-0.2, 0) is 0 Å². The first-order chi connectivity index (χ1) is 10.2. The summed E-state index contributed by atoms with van der Waals surface area (Å²) in [5.41, 5.74) is 2.59. The summed E-state index contributed by atoms with van der Waals surface area (Å²) >= 11 is 0. The number of nitrogens with one attached hydrogen (secondary N) is 2. The van der Waals surface area contributed by atoms with E-state index in [9.17, 15) is 14.0 Å². The van der Waals surface area contributed by atoms with Crippen molar-refractivity contribution in [3.05, 3.63) is 59.4 Å². The third-order valence-electron chi connectivity index (χ3n) is 3.41. The minimum absolute atomic E-state index is 0.0421. The first-order valence-electron chi connectivity index (χ1n) is 6.58. The van der Waals surface area contributed by atoms with Gasteiger partial charge in [0.25, 0.3) is 0 Å². The molecule has 0 atom stereocenters. The summed E-state index contributed by atoms with van der Waals surface area (Å²) in [4.78, 5) is 22.0. The van der Waals surface area contributed by atoms with Crippen LogP contribution in [-0.4, -0.2) is 24.7 Å². The Balaban J connectivity index is 0.000000126. The number of anilines is 2. The highest BCUT2D eigenvalue weighted by atomic mass is 19.1. The van der Waals surface area contributed by atoms with Crippen LogP contribution in [0.3, 0.4) is 0 Å². The second kappa shape index (κ2) is 5.36. The second-order valence-corrected chi connectivity index (χ2v) is 4.76. The number of carbonyl (C=O) groups is 2. The minimum Gasteiger partial charge on any atom is -0.377 e. The third kappa shape index (κ3) is 2.50. The Labute approximate surface area is 121 Å². The monoisotopic (exact) mass is 284 g/mol. The van der Waals surface area contributed by atoms with E-state index in [1.807, 2.05) is 24.3 Å². The van der Waals surface area contributed by atoms with E-state index >= 15 is 0 Å². The lowest BCUT2D eigenvalue weighted by Gasteiger charge is -1.97. The van der Waals surface area contributed by atoms with Gasteiger partial charge in [-0.3, -0.25) is 9.59 Å². The number of fused-ring (bicyclic) bond motifs is 2. The van der Waals surface area contributed by atoms with Crippen molar-refractivity contribution >= 4 is 22.9 Å². The molecule has 0 spiro atoms. The van der Waals surface area contributed by atoms with Crippen LogP contribution in [0.15, 0.2) is 42.5 Å². The zero-order valence-corrected chi connectivity index (χ0v) is 11.2. The predicted molar refractivity (Wildman–Crippen MR) is 78.5 cm³/mol. The van der Waals surface area contributed by atoms with Gasteiger partial charge in [0.1, 0.15) is 5.82 Å². The first-order valence-corrected chi connectivity index (χ1v) is 6.58. The lowest BCUT2D eigenvalue weighted by Crippen LogP contribution is -2.00. The standard InChI is InChI=1S/C8H6FNO.C8H7NO/c9-6-3-1-2-5-7(11)4-10-8(5)6;10-8-5-9-7-4-2-1-3-6(7)8/h1-3,10H,4H2;1-4,9H,5H2. The second-order valence-electron chi connectivity index (χ2n) is 4.76. The molecule has 0 radical (unpaired) electrons. The van der Waals surface area contributed by atoms with Crippen LogP contribution in [0.2, 0.25) is 0 Å². The summed E-state index contributed by atoms with van der Waals surface area (Å²) in [5.74, 6) is -0.205. The fourth-order valence-corrected chi connectivity index (χ4v) is 2.35. The van der Waals surface area contributed by atoms with Crippen molar-refractivity contribution in [1.29, 1.82) is 0 Å². The van der Waals surface area contributed by atoms with E-state index in [1.54, 1.807) is 12.1 Å². The molecule has 0 amide bonds. The van der Waals surface area contributed by atoms with Crippen LogP contribution in [0.4, 0.5) is 15.8 Å². The summed E-state index contributed by atoms with van der Waals surface area (Å²) in [5, 5.41) is 5.69. The zero-order valence-electron chi connectivity index (χ0n) is 11.2. The van der Waals surface area contributed by atoms with E-state index in [0.717, 1.165) is 11.3 Å². The predicted octanol–water partition coefficient (Wildman–Crippen LogP) is 2.73. The van der Waals surface area contributed by atoms with Crippen molar-refractivity contribution in [2.24, 2.45) is 0 Å². The molecule has 2 aromatic carbocycles. The third-order valence-corrected chi connectivity index (χ3v) is 3.41. The van der Waals surface area contributed by atoms with Crippen LogP contribution in [0.1, 0.15) is 20.7 Å². The molecule has 0 saturated carbocycles. The fourth-order valence-electron chi connectivity index (χ4n) is 2.35. The molecular formula is C16H13FN2O2. The maximum absolute atomic E-state index is 12.8. The van der Waals surface area contributed by atoms with Gasteiger partial charge >= 0.3 is 0 Å². The van der Waals surface area contributed by atoms with Crippen LogP contribution in [0, 0.1) is 5.82 Å². The van der Waals surface area contributed by atoms with Crippen molar-refractivity contribution in [1.82, 2.24) is 0 Å². The van der Waals surface area contributed by atoms with Crippen molar-refractivity contribution in [3.63, 3.8) is 0 Å². The van der Waals surface area contributed by atoms with Gasteiger partial charge in [-0.25, -0.2) is 4.39 Å². The van der Waals surface area contributed by atoms with Crippen molar-refractivity contribution in [2.45, 2.75) is 0 Å². The van der Waals surface area contributed by atoms with E-state index < -0.39 is 0 Å². The van der Waals surface area contributed by atoms with Crippen molar-refractivity contribution in [3.8, 4) is 0 Å². The molecule has 0 bridgehead atoms. The van der Waals surface area contributed by atoms with E-state index in [0.29, 0.717) is 17.8 Å². The molecule has 2 aromatic rings. The zero-order chi connectivity index (χ0) is 14.8. The highest BCUT2D eigenvalue weighted by molar-refractivity contribution is 6.08. The Bertz CT molecular complexity index is 728. The van der Waals surface area contributed by atoms with Gasteiger partial charge in [-0.2, -0.15) is 0 Å². The first kappa shape index (κ1) is 13.3. The number of hydrogen-bond acceptors (Lipinski definition) is 4. The molecule has 2 heterocycles. The normalized spacial score (nSPS) is 14.5. The number of ketones is 2.